The average molecular weight is 271 g/mol. The maximum Gasteiger partial charge on any atom is 0.335 e. The van der Waals surface area contributed by atoms with Crippen LogP contribution in [-0.4, -0.2) is 33.7 Å². The van der Waals surface area contributed by atoms with Gasteiger partial charge in [0.15, 0.2) is 0 Å². The van der Waals surface area contributed by atoms with E-state index in [2.05, 4.69) is 9.88 Å². The molecule has 2 aromatic rings. The van der Waals surface area contributed by atoms with Gasteiger partial charge >= 0.3 is 5.97 Å². The number of aromatic carboxylic acids is 1. The standard InChI is InChI=1S/C15H17N3O2/c1-17-9-6-16-14(17)5-8-18-7-4-11-10-12(15(19)20)2-3-13(11)18/h2-3,6,9-10H,4-5,7-8H2,1H3,(H,19,20). The first-order valence-corrected chi connectivity index (χ1v) is 6.72. The lowest BCUT2D eigenvalue weighted by Crippen LogP contribution is -2.24. The Balaban J connectivity index is 1.73. The number of hydrogen-bond donors (Lipinski definition) is 1. The molecule has 104 valence electrons. The monoisotopic (exact) mass is 271 g/mol. The van der Waals surface area contributed by atoms with E-state index >= 15 is 0 Å². The Morgan fingerprint density at radius 2 is 2.30 bits per heavy atom. The first-order valence-electron chi connectivity index (χ1n) is 6.72. The number of imidazole rings is 1. The van der Waals surface area contributed by atoms with Crippen molar-refractivity contribution in [1.29, 1.82) is 0 Å². The van der Waals surface area contributed by atoms with E-state index in [0.29, 0.717) is 5.56 Å². The quantitative estimate of drug-likeness (QED) is 0.920. The van der Waals surface area contributed by atoms with Crippen molar-refractivity contribution in [3.8, 4) is 0 Å². The Morgan fingerprint density at radius 3 is 3.00 bits per heavy atom. The fourth-order valence-corrected chi connectivity index (χ4v) is 2.71. The van der Waals surface area contributed by atoms with Gasteiger partial charge in [-0.05, 0) is 30.2 Å². The summed E-state index contributed by atoms with van der Waals surface area (Å²) in [5.74, 6) is 0.208. The van der Waals surface area contributed by atoms with Crippen LogP contribution in [0, 0.1) is 0 Å². The van der Waals surface area contributed by atoms with Crippen molar-refractivity contribution >= 4 is 11.7 Å². The van der Waals surface area contributed by atoms with Crippen LogP contribution in [0.3, 0.4) is 0 Å². The number of benzene rings is 1. The number of hydrogen-bond acceptors (Lipinski definition) is 3. The fraction of sp³-hybridized carbons (Fsp3) is 0.333. The maximum atomic E-state index is 11.0. The zero-order chi connectivity index (χ0) is 14.1. The smallest absolute Gasteiger partial charge is 0.335 e. The molecular formula is C15H17N3O2. The number of carboxylic acid groups (broad SMARTS) is 1. The largest absolute Gasteiger partial charge is 0.478 e. The zero-order valence-corrected chi connectivity index (χ0v) is 11.4. The maximum absolute atomic E-state index is 11.0. The molecule has 0 saturated carbocycles. The SMILES string of the molecule is Cn1ccnc1CCN1CCc2cc(C(=O)O)ccc21. The van der Waals surface area contributed by atoms with Crippen molar-refractivity contribution in [3.05, 3.63) is 47.5 Å². The highest BCUT2D eigenvalue weighted by Gasteiger charge is 2.20. The topological polar surface area (TPSA) is 58.4 Å². The number of anilines is 1. The summed E-state index contributed by atoms with van der Waals surface area (Å²) in [6, 6.07) is 5.39. The van der Waals surface area contributed by atoms with Gasteiger partial charge in [0.25, 0.3) is 0 Å². The van der Waals surface area contributed by atoms with E-state index in [1.165, 1.54) is 0 Å². The zero-order valence-electron chi connectivity index (χ0n) is 11.4. The second kappa shape index (κ2) is 5.00. The van der Waals surface area contributed by atoms with E-state index in [1.807, 2.05) is 30.1 Å². The molecule has 1 aromatic heterocycles. The predicted molar refractivity (Wildman–Crippen MR) is 76.2 cm³/mol. The highest BCUT2D eigenvalue weighted by Crippen LogP contribution is 2.28. The average Bonchev–Trinajstić information content (AvgIpc) is 3.02. The number of nitrogens with zero attached hydrogens (tertiary/aromatic N) is 3. The molecule has 0 fully saturated rings. The number of aryl methyl sites for hydroxylation is 1. The van der Waals surface area contributed by atoms with Crippen molar-refractivity contribution in [2.75, 3.05) is 18.0 Å². The Morgan fingerprint density at radius 1 is 1.45 bits per heavy atom. The van der Waals surface area contributed by atoms with Gasteiger partial charge in [0, 0.05) is 44.6 Å². The molecule has 0 saturated heterocycles. The first-order chi connectivity index (χ1) is 9.65. The fourth-order valence-electron chi connectivity index (χ4n) is 2.71. The summed E-state index contributed by atoms with van der Waals surface area (Å²) in [5.41, 5.74) is 2.66. The second-order valence-corrected chi connectivity index (χ2v) is 5.09. The first kappa shape index (κ1) is 12.7. The molecule has 0 spiro atoms. The van der Waals surface area contributed by atoms with E-state index in [1.54, 1.807) is 12.1 Å². The molecule has 5 heteroatoms. The van der Waals surface area contributed by atoms with Crippen LogP contribution in [-0.2, 0) is 19.9 Å². The van der Waals surface area contributed by atoms with Gasteiger partial charge in [-0.15, -0.1) is 0 Å². The molecule has 0 radical (unpaired) electrons. The van der Waals surface area contributed by atoms with Crippen LogP contribution < -0.4 is 4.90 Å². The predicted octanol–water partition coefficient (Wildman–Crippen LogP) is 1.72. The molecule has 1 aromatic carbocycles. The van der Waals surface area contributed by atoms with Crippen molar-refractivity contribution in [3.63, 3.8) is 0 Å². The third-order valence-electron chi connectivity index (χ3n) is 3.84. The lowest BCUT2D eigenvalue weighted by molar-refractivity contribution is 0.0697. The summed E-state index contributed by atoms with van der Waals surface area (Å²) in [4.78, 5) is 17.6. The van der Waals surface area contributed by atoms with Crippen molar-refractivity contribution in [2.24, 2.45) is 7.05 Å². The lowest BCUT2D eigenvalue weighted by atomic mass is 10.1. The molecule has 20 heavy (non-hydrogen) atoms. The molecule has 0 bridgehead atoms. The number of rotatable bonds is 4. The summed E-state index contributed by atoms with van der Waals surface area (Å²) in [6.07, 6.45) is 5.57. The molecule has 1 aliphatic rings. The van der Waals surface area contributed by atoms with Gasteiger partial charge in [0.1, 0.15) is 5.82 Å². The van der Waals surface area contributed by atoms with Gasteiger partial charge in [-0.2, -0.15) is 0 Å². The van der Waals surface area contributed by atoms with Gasteiger partial charge < -0.3 is 14.6 Å². The molecule has 0 atom stereocenters. The molecule has 0 amide bonds. The summed E-state index contributed by atoms with van der Waals surface area (Å²) in [5, 5.41) is 9.02. The third kappa shape index (κ3) is 2.27. The second-order valence-electron chi connectivity index (χ2n) is 5.09. The van der Waals surface area contributed by atoms with Crippen molar-refractivity contribution in [1.82, 2.24) is 9.55 Å². The van der Waals surface area contributed by atoms with Crippen LogP contribution in [0.15, 0.2) is 30.6 Å². The third-order valence-corrected chi connectivity index (χ3v) is 3.84. The van der Waals surface area contributed by atoms with E-state index in [4.69, 9.17) is 5.11 Å². The summed E-state index contributed by atoms with van der Waals surface area (Å²) < 4.78 is 2.03. The highest BCUT2D eigenvalue weighted by atomic mass is 16.4. The summed E-state index contributed by atoms with van der Waals surface area (Å²) in [6.45, 7) is 1.85. The molecule has 3 rings (SSSR count). The van der Waals surface area contributed by atoms with E-state index < -0.39 is 5.97 Å². The Hall–Kier alpha value is -2.30. The number of carbonyl (C=O) groups is 1. The molecule has 1 aliphatic heterocycles. The van der Waals surface area contributed by atoms with Crippen molar-refractivity contribution in [2.45, 2.75) is 12.8 Å². The van der Waals surface area contributed by atoms with Gasteiger partial charge in [-0.25, -0.2) is 9.78 Å². The van der Waals surface area contributed by atoms with Crippen LogP contribution in [0.2, 0.25) is 0 Å². The molecule has 2 heterocycles. The van der Waals surface area contributed by atoms with Gasteiger partial charge in [-0.1, -0.05) is 0 Å². The molecule has 0 unspecified atom stereocenters. The van der Waals surface area contributed by atoms with Crippen LogP contribution in [0.1, 0.15) is 21.7 Å². The molecule has 0 aliphatic carbocycles. The Labute approximate surface area is 117 Å². The van der Waals surface area contributed by atoms with E-state index in [-0.39, 0.29) is 0 Å². The minimum atomic E-state index is -0.862. The Kier molecular flexibility index (Phi) is 3.18. The van der Waals surface area contributed by atoms with Crippen LogP contribution >= 0.6 is 0 Å². The van der Waals surface area contributed by atoms with Crippen LogP contribution in [0.5, 0.6) is 0 Å². The molecule has 1 N–H and O–H groups in total. The van der Waals surface area contributed by atoms with Gasteiger partial charge in [0.2, 0.25) is 0 Å². The van der Waals surface area contributed by atoms with E-state index in [0.717, 1.165) is 43.0 Å². The minimum Gasteiger partial charge on any atom is -0.478 e. The number of carboxylic acids is 1. The number of fused-ring (bicyclic) bond motifs is 1. The van der Waals surface area contributed by atoms with Crippen LogP contribution in [0.25, 0.3) is 0 Å². The summed E-state index contributed by atoms with van der Waals surface area (Å²) >= 11 is 0. The van der Waals surface area contributed by atoms with Crippen LogP contribution in [0.4, 0.5) is 5.69 Å². The normalized spacial score (nSPS) is 13.6. The number of aromatic nitrogens is 2. The minimum absolute atomic E-state index is 0.370. The highest BCUT2D eigenvalue weighted by molar-refractivity contribution is 5.88. The van der Waals surface area contributed by atoms with Crippen molar-refractivity contribution < 1.29 is 9.90 Å². The molecular weight excluding hydrogens is 254 g/mol. The Bertz CT molecular complexity index is 648. The van der Waals surface area contributed by atoms with E-state index in [9.17, 15) is 4.79 Å². The summed E-state index contributed by atoms with van der Waals surface area (Å²) in [7, 11) is 2.00. The van der Waals surface area contributed by atoms with Gasteiger partial charge in [0.05, 0.1) is 5.56 Å². The van der Waals surface area contributed by atoms with Gasteiger partial charge in [-0.3, -0.25) is 0 Å². The molecule has 5 nitrogen and oxygen atoms in total. The lowest BCUT2D eigenvalue weighted by Gasteiger charge is -2.19.